The fraction of sp³-hybridized carbons (Fsp3) is 0.571. The summed E-state index contributed by atoms with van der Waals surface area (Å²) >= 11 is 4.25. The first kappa shape index (κ1) is 13.5. The summed E-state index contributed by atoms with van der Waals surface area (Å²) in [5, 5.41) is 0. The minimum atomic E-state index is -1.08. The van der Waals surface area contributed by atoms with Crippen LogP contribution in [0.3, 0.4) is 0 Å². The molecule has 10 heavy (non-hydrogen) atoms. The Hall–Kier alpha value is 0.880. The van der Waals surface area contributed by atoms with Crippen LogP contribution in [-0.2, 0) is 16.3 Å². The van der Waals surface area contributed by atoms with Crippen molar-refractivity contribution in [3.63, 3.8) is 0 Å². The van der Waals surface area contributed by atoms with Crippen molar-refractivity contribution in [3.05, 3.63) is 6.92 Å². The Morgan fingerprint density at radius 1 is 1.40 bits per heavy atom. The van der Waals surface area contributed by atoms with E-state index in [2.05, 4.69) is 51.7 Å². The standard InChI is InChI=1S/C7H13Si.BrH.Zn/c1-5-6-7-8(2,3)4;;/h1,5H2,2-4H3;1H;/q-1;;+2/p-1. The van der Waals surface area contributed by atoms with Crippen LogP contribution in [0.5, 0.6) is 0 Å². The van der Waals surface area contributed by atoms with E-state index in [-0.39, 0.29) is 0 Å². The summed E-state index contributed by atoms with van der Waals surface area (Å²) in [6, 6.07) is 0. The maximum atomic E-state index is 3.64. The molecular formula is C7H13BrSiZn. The monoisotopic (exact) mass is 268 g/mol. The van der Waals surface area contributed by atoms with Crippen molar-refractivity contribution in [2.45, 2.75) is 26.1 Å². The Bertz CT molecular complexity index is 118. The molecule has 0 radical (unpaired) electrons. The zero-order chi connectivity index (χ0) is 8.62. The summed E-state index contributed by atoms with van der Waals surface area (Å²) in [7, 11) is -1.08. The van der Waals surface area contributed by atoms with Gasteiger partial charge in [0.1, 0.15) is 8.07 Å². The second kappa shape index (κ2) is 7.98. The third-order valence-corrected chi connectivity index (χ3v) is 1.52. The van der Waals surface area contributed by atoms with Crippen LogP contribution in [0.1, 0.15) is 6.42 Å². The van der Waals surface area contributed by atoms with E-state index in [0.29, 0.717) is 0 Å². The molecule has 0 aromatic heterocycles. The molecule has 0 aliphatic heterocycles. The first-order valence-corrected chi connectivity index (χ1v) is 13.6. The molecule has 0 rings (SSSR count). The topological polar surface area (TPSA) is 0 Å². The normalized spacial score (nSPS) is 8.70. The summed E-state index contributed by atoms with van der Waals surface area (Å²) in [6.45, 7) is 10.3. The number of hydrogen-bond acceptors (Lipinski definition) is 0. The second-order valence-corrected chi connectivity index (χ2v) is 7.55. The third kappa shape index (κ3) is 15.9. The summed E-state index contributed by atoms with van der Waals surface area (Å²) in [5.74, 6) is 2.99. The van der Waals surface area contributed by atoms with Gasteiger partial charge in [-0.05, 0) is 0 Å². The number of hydrogen-bond donors (Lipinski definition) is 0. The molecule has 0 aromatic carbocycles. The maximum absolute atomic E-state index is 3.64. The summed E-state index contributed by atoms with van der Waals surface area (Å²) in [5.41, 5.74) is 3.20. The average molecular weight is 271 g/mol. The van der Waals surface area contributed by atoms with Crippen LogP contribution in [0.2, 0.25) is 19.6 Å². The minimum absolute atomic E-state index is 0.754. The van der Waals surface area contributed by atoms with Crippen LogP contribution in [0.4, 0.5) is 0 Å². The molecule has 0 aromatic rings. The Morgan fingerprint density at radius 3 is 1.90 bits per heavy atom. The second-order valence-electron chi connectivity index (χ2n) is 2.80. The Labute approximate surface area is 82.2 Å². The van der Waals surface area contributed by atoms with Crippen LogP contribution < -0.4 is 0 Å². The summed E-state index contributed by atoms with van der Waals surface area (Å²) in [4.78, 5) is 0. The molecule has 3 heteroatoms. The number of halogens is 1. The average Bonchev–Trinajstić information content (AvgIpc) is 1.87. The van der Waals surface area contributed by atoms with Gasteiger partial charge in [0, 0.05) is 0 Å². The van der Waals surface area contributed by atoms with Crippen molar-refractivity contribution in [3.8, 4) is 11.5 Å². The van der Waals surface area contributed by atoms with E-state index in [0.717, 1.165) is 6.42 Å². The Kier molecular flexibility index (Phi) is 10.7. The van der Waals surface area contributed by atoms with Gasteiger partial charge in [0.25, 0.3) is 0 Å². The van der Waals surface area contributed by atoms with Gasteiger partial charge in [-0.2, -0.15) is 0 Å². The van der Waals surface area contributed by atoms with Gasteiger partial charge in [-0.1, -0.05) is 19.6 Å². The van der Waals surface area contributed by atoms with Crippen molar-refractivity contribution in [1.82, 2.24) is 0 Å². The van der Waals surface area contributed by atoms with Crippen LogP contribution in [0, 0.1) is 18.4 Å². The predicted molar refractivity (Wildman–Crippen MR) is 50.0 cm³/mol. The van der Waals surface area contributed by atoms with E-state index in [1.165, 1.54) is 16.3 Å². The molecule has 0 bridgehead atoms. The van der Waals surface area contributed by atoms with E-state index >= 15 is 0 Å². The van der Waals surface area contributed by atoms with Gasteiger partial charge < -0.3 is 6.92 Å². The molecule has 0 aliphatic carbocycles. The molecule has 0 amide bonds. The molecule has 0 fully saturated rings. The van der Waals surface area contributed by atoms with Crippen LogP contribution in [0.25, 0.3) is 0 Å². The van der Waals surface area contributed by atoms with Crippen molar-refractivity contribution in [2.24, 2.45) is 0 Å². The molecule has 0 saturated carbocycles. The van der Waals surface area contributed by atoms with Gasteiger partial charge in [0.05, 0.1) is 0 Å². The number of rotatable bonds is 0. The van der Waals surface area contributed by atoms with Gasteiger partial charge in [-0.15, -0.1) is 17.9 Å². The zero-order valence-corrected chi connectivity index (χ0v) is 12.6. The Morgan fingerprint density at radius 2 is 1.80 bits per heavy atom. The van der Waals surface area contributed by atoms with E-state index in [1.807, 2.05) is 0 Å². The van der Waals surface area contributed by atoms with Crippen molar-refractivity contribution in [1.29, 1.82) is 0 Å². The summed E-state index contributed by atoms with van der Waals surface area (Å²) in [6.07, 6.45) is 0.754. The Balaban J connectivity index is 0. The molecular weight excluding hydrogens is 257 g/mol. The molecule has 0 spiro atoms. The van der Waals surface area contributed by atoms with Gasteiger partial charge in [0.15, 0.2) is 0 Å². The van der Waals surface area contributed by atoms with Crippen LogP contribution in [-0.4, -0.2) is 8.07 Å². The predicted octanol–water partition coefficient (Wildman–Crippen LogP) is 2.93. The van der Waals surface area contributed by atoms with E-state index in [4.69, 9.17) is 0 Å². The fourth-order valence-corrected chi connectivity index (χ4v) is 0.983. The van der Waals surface area contributed by atoms with Gasteiger partial charge in [-0.25, -0.2) is 0 Å². The quantitative estimate of drug-likeness (QED) is 0.361. The zero-order valence-electron chi connectivity index (χ0n) is 7.00. The van der Waals surface area contributed by atoms with Crippen molar-refractivity contribution < 1.29 is 16.3 Å². The molecule has 0 N–H and O–H groups in total. The van der Waals surface area contributed by atoms with Crippen molar-refractivity contribution in [2.75, 3.05) is 0 Å². The third-order valence-electron chi connectivity index (χ3n) is 0.588. The first-order valence-electron chi connectivity index (χ1n) is 3.12. The molecule has 0 saturated heterocycles. The first-order chi connectivity index (χ1) is 4.56. The molecule has 0 aliphatic rings. The molecule has 0 nitrogen and oxygen atoms in total. The van der Waals surface area contributed by atoms with E-state index in [9.17, 15) is 0 Å². The molecule has 0 atom stereocenters. The molecule has 0 unspecified atom stereocenters. The summed E-state index contributed by atoms with van der Waals surface area (Å²) < 4.78 is 0. The van der Waals surface area contributed by atoms with Crippen molar-refractivity contribution >= 4 is 21.7 Å². The molecule has 0 heterocycles. The molecule has 54 valence electrons. The van der Waals surface area contributed by atoms with E-state index in [1.54, 1.807) is 0 Å². The fourth-order valence-electron chi connectivity index (χ4n) is 0.328. The van der Waals surface area contributed by atoms with E-state index < -0.39 is 8.07 Å². The van der Waals surface area contributed by atoms with Crippen LogP contribution >= 0.6 is 13.6 Å². The van der Waals surface area contributed by atoms with Gasteiger partial charge in [0.2, 0.25) is 0 Å². The van der Waals surface area contributed by atoms with Gasteiger partial charge in [-0.3, -0.25) is 0 Å². The van der Waals surface area contributed by atoms with Crippen LogP contribution in [0.15, 0.2) is 0 Å². The SMILES string of the molecule is [CH2-]CC#C[Si](C)(C)C.[Zn+][Br]. The van der Waals surface area contributed by atoms with Gasteiger partial charge >= 0.3 is 30.0 Å².